The Bertz CT molecular complexity index is 846. The van der Waals surface area contributed by atoms with E-state index in [4.69, 9.17) is 16.1 Å². The van der Waals surface area contributed by atoms with Gasteiger partial charge in [-0.1, -0.05) is 28.9 Å². The van der Waals surface area contributed by atoms with Gasteiger partial charge in [0.2, 0.25) is 5.95 Å². The minimum Gasteiger partial charge on any atom is -0.360 e. The van der Waals surface area contributed by atoms with Crippen molar-refractivity contribution in [2.75, 3.05) is 11.9 Å². The normalized spacial score (nSPS) is 10.5. The lowest BCUT2D eigenvalue weighted by molar-refractivity contribution is 0.0953. The fraction of sp³-hybridized carbons (Fsp3) is 0.176. The molecule has 0 fully saturated rings. The summed E-state index contributed by atoms with van der Waals surface area (Å²) in [4.78, 5) is 20.3. The van der Waals surface area contributed by atoms with Gasteiger partial charge in [0.05, 0.1) is 5.56 Å². The molecule has 1 amide bonds. The van der Waals surface area contributed by atoms with Gasteiger partial charge in [-0.3, -0.25) is 4.79 Å². The molecule has 2 N–H and O–H groups in total. The maximum absolute atomic E-state index is 12.1. The lowest BCUT2D eigenvalue weighted by Gasteiger charge is -2.06. The summed E-state index contributed by atoms with van der Waals surface area (Å²) in [5.41, 5.74) is 1.49. The smallest absolute Gasteiger partial charge is 0.254 e. The van der Waals surface area contributed by atoms with Crippen molar-refractivity contribution >= 4 is 29.3 Å². The number of carbonyl (C=O) groups excluding carboxylic acids is 1. The highest BCUT2D eigenvalue weighted by molar-refractivity contribution is 6.30. The Balaban J connectivity index is 1.51. The number of nitrogens with one attached hydrogen (secondary N) is 2. The first-order valence-electron chi connectivity index (χ1n) is 7.65. The number of aromatic nitrogens is 3. The average Bonchev–Trinajstić information content (AvgIpc) is 3.02. The van der Waals surface area contributed by atoms with Gasteiger partial charge in [-0.2, -0.15) is 0 Å². The summed E-state index contributed by atoms with van der Waals surface area (Å²) < 4.78 is 4.95. The van der Waals surface area contributed by atoms with Gasteiger partial charge in [0.15, 0.2) is 5.82 Å². The minimum absolute atomic E-state index is 0.224. The molecule has 7 nitrogen and oxygen atoms in total. The SMILES string of the molecule is Cc1cc(Nc2ncc(C(=O)NCCc3ccc(Cl)cc3)cn2)no1. The molecule has 25 heavy (non-hydrogen) atoms. The van der Waals surface area contributed by atoms with Crippen molar-refractivity contribution in [3.05, 3.63) is 64.6 Å². The van der Waals surface area contributed by atoms with E-state index in [0.717, 1.165) is 12.0 Å². The molecule has 2 heterocycles. The molecule has 1 aromatic carbocycles. The maximum Gasteiger partial charge on any atom is 0.254 e. The number of hydrogen-bond acceptors (Lipinski definition) is 6. The summed E-state index contributed by atoms with van der Waals surface area (Å²) in [7, 11) is 0. The Labute approximate surface area is 149 Å². The van der Waals surface area contributed by atoms with Gasteiger partial charge in [-0.15, -0.1) is 0 Å². The number of nitrogens with zero attached hydrogens (tertiary/aromatic N) is 3. The second-order valence-electron chi connectivity index (χ2n) is 5.38. The van der Waals surface area contributed by atoms with E-state index in [2.05, 4.69) is 25.8 Å². The second kappa shape index (κ2) is 7.76. The Kier molecular flexibility index (Phi) is 5.25. The van der Waals surface area contributed by atoms with Crippen molar-refractivity contribution in [1.82, 2.24) is 20.4 Å². The van der Waals surface area contributed by atoms with Crippen LogP contribution < -0.4 is 10.6 Å². The van der Waals surface area contributed by atoms with Gasteiger partial charge in [0, 0.05) is 30.0 Å². The van der Waals surface area contributed by atoms with Crippen LogP contribution in [0.1, 0.15) is 21.7 Å². The molecule has 0 saturated carbocycles. The number of halogens is 1. The van der Waals surface area contributed by atoms with E-state index in [-0.39, 0.29) is 5.91 Å². The molecule has 128 valence electrons. The Morgan fingerprint density at radius 1 is 1.20 bits per heavy atom. The van der Waals surface area contributed by atoms with Crippen LogP contribution in [0, 0.1) is 6.92 Å². The monoisotopic (exact) mass is 357 g/mol. The first kappa shape index (κ1) is 16.9. The molecule has 8 heteroatoms. The van der Waals surface area contributed by atoms with Crippen molar-refractivity contribution in [3.63, 3.8) is 0 Å². The first-order valence-corrected chi connectivity index (χ1v) is 8.03. The third kappa shape index (κ3) is 4.77. The minimum atomic E-state index is -0.224. The average molecular weight is 358 g/mol. The number of aryl methyl sites for hydroxylation is 1. The summed E-state index contributed by atoms with van der Waals surface area (Å²) >= 11 is 5.84. The fourth-order valence-corrected chi connectivity index (χ4v) is 2.25. The van der Waals surface area contributed by atoms with Crippen LogP contribution in [-0.4, -0.2) is 27.6 Å². The van der Waals surface area contributed by atoms with Crippen molar-refractivity contribution in [2.45, 2.75) is 13.3 Å². The molecule has 0 atom stereocenters. The van der Waals surface area contributed by atoms with E-state index in [1.165, 1.54) is 12.4 Å². The molecular weight excluding hydrogens is 342 g/mol. The predicted octanol–water partition coefficient (Wildman–Crippen LogP) is 3.14. The molecule has 0 aliphatic heterocycles. The molecule has 0 aliphatic carbocycles. The van der Waals surface area contributed by atoms with E-state index >= 15 is 0 Å². The molecule has 0 spiro atoms. The highest BCUT2D eigenvalue weighted by Gasteiger charge is 2.08. The van der Waals surface area contributed by atoms with Gasteiger partial charge in [-0.05, 0) is 31.0 Å². The Morgan fingerprint density at radius 2 is 1.92 bits per heavy atom. The molecule has 0 unspecified atom stereocenters. The highest BCUT2D eigenvalue weighted by atomic mass is 35.5. The Hall–Kier alpha value is -2.93. The summed E-state index contributed by atoms with van der Waals surface area (Å²) in [6, 6.07) is 9.25. The second-order valence-corrected chi connectivity index (χ2v) is 5.81. The zero-order valence-electron chi connectivity index (χ0n) is 13.5. The van der Waals surface area contributed by atoms with Crippen LogP contribution in [0.3, 0.4) is 0 Å². The third-order valence-electron chi connectivity index (χ3n) is 3.39. The van der Waals surface area contributed by atoms with Crippen molar-refractivity contribution in [2.24, 2.45) is 0 Å². The first-order chi connectivity index (χ1) is 12.1. The van der Waals surface area contributed by atoms with E-state index in [9.17, 15) is 4.79 Å². The quantitative estimate of drug-likeness (QED) is 0.704. The molecule has 0 radical (unpaired) electrons. The predicted molar refractivity (Wildman–Crippen MR) is 94.0 cm³/mol. The largest absolute Gasteiger partial charge is 0.360 e. The number of benzene rings is 1. The van der Waals surface area contributed by atoms with E-state index in [0.29, 0.717) is 34.7 Å². The van der Waals surface area contributed by atoms with Crippen LogP contribution in [-0.2, 0) is 6.42 Å². The van der Waals surface area contributed by atoms with E-state index < -0.39 is 0 Å². The van der Waals surface area contributed by atoms with Gasteiger partial charge < -0.3 is 15.2 Å². The molecule has 0 aliphatic rings. The molecule has 0 saturated heterocycles. The van der Waals surface area contributed by atoms with Crippen LogP contribution in [0.25, 0.3) is 0 Å². The van der Waals surface area contributed by atoms with Gasteiger partial charge in [0.25, 0.3) is 5.91 Å². The van der Waals surface area contributed by atoms with Crippen LogP contribution in [0.15, 0.2) is 47.2 Å². The maximum atomic E-state index is 12.1. The molecule has 2 aromatic heterocycles. The zero-order valence-corrected chi connectivity index (χ0v) is 14.2. The summed E-state index contributed by atoms with van der Waals surface area (Å²) in [5.74, 6) is 1.31. The van der Waals surface area contributed by atoms with Crippen molar-refractivity contribution < 1.29 is 9.32 Å². The summed E-state index contributed by atoms with van der Waals surface area (Å²) in [6.07, 6.45) is 3.63. The Morgan fingerprint density at radius 3 is 2.56 bits per heavy atom. The van der Waals surface area contributed by atoms with Crippen LogP contribution in [0.5, 0.6) is 0 Å². The number of carbonyl (C=O) groups is 1. The third-order valence-corrected chi connectivity index (χ3v) is 3.65. The number of hydrogen-bond donors (Lipinski definition) is 2. The van der Waals surface area contributed by atoms with Gasteiger partial charge in [0.1, 0.15) is 5.76 Å². The van der Waals surface area contributed by atoms with Crippen LogP contribution in [0.2, 0.25) is 5.02 Å². The topological polar surface area (TPSA) is 92.9 Å². The lowest BCUT2D eigenvalue weighted by Crippen LogP contribution is -2.26. The molecule has 3 rings (SSSR count). The summed E-state index contributed by atoms with van der Waals surface area (Å²) in [5, 5.41) is 10.2. The van der Waals surface area contributed by atoms with Gasteiger partial charge in [-0.25, -0.2) is 9.97 Å². The molecule has 3 aromatic rings. The van der Waals surface area contributed by atoms with Crippen molar-refractivity contribution in [1.29, 1.82) is 0 Å². The summed E-state index contributed by atoms with van der Waals surface area (Å²) in [6.45, 7) is 2.30. The van der Waals surface area contributed by atoms with Crippen molar-refractivity contribution in [3.8, 4) is 0 Å². The van der Waals surface area contributed by atoms with Gasteiger partial charge >= 0.3 is 0 Å². The number of amides is 1. The van der Waals surface area contributed by atoms with E-state index in [1.54, 1.807) is 13.0 Å². The van der Waals surface area contributed by atoms with E-state index in [1.807, 2.05) is 24.3 Å². The molecular formula is C17H16ClN5O2. The van der Waals surface area contributed by atoms with Crippen LogP contribution in [0.4, 0.5) is 11.8 Å². The van der Waals surface area contributed by atoms with Crippen LogP contribution >= 0.6 is 11.6 Å². The standard InChI is InChI=1S/C17H16ClN5O2/c1-11-8-15(23-25-11)22-17-20-9-13(10-21-17)16(24)19-7-6-12-2-4-14(18)5-3-12/h2-5,8-10H,6-7H2,1H3,(H,19,24)(H,20,21,22,23). The molecule has 0 bridgehead atoms. The number of anilines is 2. The highest BCUT2D eigenvalue weighted by Crippen LogP contribution is 2.12. The fourth-order valence-electron chi connectivity index (χ4n) is 2.12. The lowest BCUT2D eigenvalue weighted by atomic mass is 10.1. The zero-order chi connectivity index (χ0) is 17.6. The number of rotatable bonds is 6.